The van der Waals surface area contributed by atoms with Crippen molar-refractivity contribution in [3.05, 3.63) is 0 Å². The van der Waals surface area contributed by atoms with Crippen LogP contribution in [0.15, 0.2) is 0 Å². The zero-order valence-corrected chi connectivity index (χ0v) is 14.6. The highest BCUT2D eigenvalue weighted by atomic mass is 32.2. The smallest absolute Gasteiger partial charge is 0.152 e. The van der Waals surface area contributed by atoms with Gasteiger partial charge in [-0.25, -0.2) is 8.42 Å². The summed E-state index contributed by atoms with van der Waals surface area (Å²) in [7, 11) is -2.79. The quantitative estimate of drug-likeness (QED) is 0.470. The molecule has 0 spiro atoms. The average molecular weight is 319 g/mol. The molecule has 1 aliphatic rings. The molecule has 1 saturated heterocycles. The lowest BCUT2D eigenvalue weighted by Gasteiger charge is -2.09. The Morgan fingerprint density at radius 2 is 1.38 bits per heavy atom. The summed E-state index contributed by atoms with van der Waals surface area (Å²) in [6.45, 7) is 2.99. The van der Waals surface area contributed by atoms with Crippen LogP contribution < -0.4 is 0 Å². The third-order valence-corrected chi connectivity index (χ3v) is 6.03. The maximum atomic E-state index is 11.3. The largest absolute Gasteiger partial charge is 0.377 e. The van der Waals surface area contributed by atoms with Gasteiger partial charge in [0.15, 0.2) is 9.84 Å². The van der Waals surface area contributed by atoms with E-state index in [1.165, 1.54) is 64.2 Å². The van der Waals surface area contributed by atoms with E-state index in [9.17, 15) is 8.42 Å². The van der Waals surface area contributed by atoms with Crippen molar-refractivity contribution in [1.82, 2.24) is 0 Å². The van der Waals surface area contributed by atoms with Gasteiger partial charge in [-0.2, -0.15) is 0 Å². The first-order valence-electron chi connectivity index (χ1n) is 8.96. The summed E-state index contributed by atoms with van der Waals surface area (Å²) in [6, 6.07) is 0. The first kappa shape index (κ1) is 19.0. The van der Waals surface area contributed by atoms with Crippen molar-refractivity contribution in [2.75, 3.05) is 18.1 Å². The lowest BCUT2D eigenvalue weighted by atomic mass is 10.1. The van der Waals surface area contributed by atoms with E-state index in [1.54, 1.807) is 0 Å². The van der Waals surface area contributed by atoms with Crippen LogP contribution in [-0.2, 0) is 14.6 Å². The molecule has 0 unspecified atom stereocenters. The van der Waals surface area contributed by atoms with Crippen LogP contribution in [0.2, 0.25) is 0 Å². The van der Waals surface area contributed by atoms with Gasteiger partial charge in [-0.3, -0.25) is 0 Å². The van der Waals surface area contributed by atoms with Gasteiger partial charge in [0, 0.05) is 6.61 Å². The van der Waals surface area contributed by atoms with E-state index in [0.717, 1.165) is 13.0 Å². The predicted octanol–water partition coefficient (Wildman–Crippen LogP) is 4.50. The van der Waals surface area contributed by atoms with E-state index in [2.05, 4.69) is 6.92 Å². The Kier molecular flexibility index (Phi) is 10.4. The fourth-order valence-electron chi connectivity index (χ4n) is 2.91. The Bertz CT molecular complexity index is 338. The lowest BCUT2D eigenvalue weighted by molar-refractivity contribution is 0.0680. The second-order valence-electron chi connectivity index (χ2n) is 6.43. The third-order valence-electron chi connectivity index (χ3n) is 4.29. The molecule has 126 valence electrons. The van der Waals surface area contributed by atoms with Crippen LogP contribution in [0.4, 0.5) is 0 Å². The maximum Gasteiger partial charge on any atom is 0.152 e. The van der Waals surface area contributed by atoms with Crippen molar-refractivity contribution < 1.29 is 13.2 Å². The van der Waals surface area contributed by atoms with Crippen molar-refractivity contribution in [2.45, 2.75) is 90.1 Å². The standard InChI is InChI=1S/C17H34O3S/c1-2-3-4-5-6-7-8-9-10-11-12-14-20-17-13-15-21(18,19)16-17/h17H,2-16H2,1H3/t17-/m0/s1. The molecule has 1 rings (SSSR count). The van der Waals surface area contributed by atoms with Gasteiger partial charge in [0.1, 0.15) is 0 Å². The number of unbranched alkanes of at least 4 members (excludes halogenated alkanes) is 10. The molecule has 3 nitrogen and oxygen atoms in total. The molecule has 0 aromatic heterocycles. The first-order valence-corrected chi connectivity index (χ1v) is 10.8. The van der Waals surface area contributed by atoms with Crippen LogP contribution in [0.5, 0.6) is 0 Å². The van der Waals surface area contributed by atoms with Gasteiger partial charge in [-0.15, -0.1) is 0 Å². The molecule has 4 heteroatoms. The summed E-state index contributed by atoms with van der Waals surface area (Å²) < 4.78 is 28.2. The second kappa shape index (κ2) is 11.5. The van der Waals surface area contributed by atoms with Gasteiger partial charge >= 0.3 is 0 Å². The maximum absolute atomic E-state index is 11.3. The van der Waals surface area contributed by atoms with Crippen LogP contribution in [0.1, 0.15) is 84.0 Å². The van der Waals surface area contributed by atoms with Crippen LogP contribution in [0, 0.1) is 0 Å². The molecular weight excluding hydrogens is 284 g/mol. The van der Waals surface area contributed by atoms with Crippen LogP contribution in [0.25, 0.3) is 0 Å². The van der Waals surface area contributed by atoms with Gasteiger partial charge in [-0.05, 0) is 12.8 Å². The van der Waals surface area contributed by atoms with E-state index in [-0.39, 0.29) is 11.9 Å². The Morgan fingerprint density at radius 1 is 0.857 bits per heavy atom. The summed E-state index contributed by atoms with van der Waals surface area (Å²) in [4.78, 5) is 0. The first-order chi connectivity index (χ1) is 10.1. The molecule has 0 amide bonds. The Balaban J connectivity index is 1.77. The van der Waals surface area contributed by atoms with Crippen molar-refractivity contribution in [1.29, 1.82) is 0 Å². The molecule has 0 aliphatic carbocycles. The van der Waals surface area contributed by atoms with Gasteiger partial charge in [0.05, 0.1) is 17.6 Å². The van der Waals surface area contributed by atoms with Gasteiger partial charge in [0.2, 0.25) is 0 Å². The zero-order chi connectivity index (χ0) is 15.4. The van der Waals surface area contributed by atoms with Gasteiger partial charge in [0.25, 0.3) is 0 Å². The summed E-state index contributed by atoms with van der Waals surface area (Å²) in [6.07, 6.45) is 15.3. The van der Waals surface area contributed by atoms with E-state index < -0.39 is 9.84 Å². The monoisotopic (exact) mass is 318 g/mol. The van der Waals surface area contributed by atoms with Crippen LogP contribution in [-0.4, -0.2) is 32.6 Å². The number of sulfone groups is 1. The normalized spacial score (nSPS) is 20.9. The number of hydrogen-bond donors (Lipinski definition) is 0. The van der Waals surface area contributed by atoms with E-state index >= 15 is 0 Å². The van der Waals surface area contributed by atoms with Crippen molar-refractivity contribution in [3.8, 4) is 0 Å². The van der Waals surface area contributed by atoms with E-state index in [0.29, 0.717) is 12.2 Å². The Morgan fingerprint density at radius 3 is 1.86 bits per heavy atom. The van der Waals surface area contributed by atoms with Gasteiger partial charge < -0.3 is 4.74 Å². The second-order valence-corrected chi connectivity index (χ2v) is 8.66. The van der Waals surface area contributed by atoms with Crippen molar-refractivity contribution in [2.24, 2.45) is 0 Å². The molecule has 21 heavy (non-hydrogen) atoms. The van der Waals surface area contributed by atoms with Crippen LogP contribution in [0.3, 0.4) is 0 Å². The average Bonchev–Trinajstić information content (AvgIpc) is 2.79. The highest BCUT2D eigenvalue weighted by Gasteiger charge is 2.28. The van der Waals surface area contributed by atoms with E-state index in [1.807, 2.05) is 0 Å². The zero-order valence-electron chi connectivity index (χ0n) is 13.8. The summed E-state index contributed by atoms with van der Waals surface area (Å²) in [5.41, 5.74) is 0. The van der Waals surface area contributed by atoms with Gasteiger partial charge in [-0.1, -0.05) is 71.1 Å². The molecule has 0 N–H and O–H groups in total. The number of hydrogen-bond acceptors (Lipinski definition) is 3. The highest BCUT2D eigenvalue weighted by molar-refractivity contribution is 7.91. The third kappa shape index (κ3) is 10.3. The van der Waals surface area contributed by atoms with Crippen molar-refractivity contribution in [3.63, 3.8) is 0 Å². The number of rotatable bonds is 13. The summed E-state index contributed by atoms with van der Waals surface area (Å²) in [5.74, 6) is 0.557. The van der Waals surface area contributed by atoms with E-state index in [4.69, 9.17) is 4.74 Å². The number of ether oxygens (including phenoxy) is 1. The molecule has 0 aromatic carbocycles. The molecule has 0 saturated carbocycles. The minimum atomic E-state index is -2.79. The van der Waals surface area contributed by atoms with Crippen LogP contribution >= 0.6 is 0 Å². The molecule has 0 bridgehead atoms. The SMILES string of the molecule is CCCCCCCCCCCCCO[C@H]1CCS(=O)(=O)C1. The fourth-order valence-corrected chi connectivity index (χ4v) is 4.53. The summed E-state index contributed by atoms with van der Waals surface area (Å²) >= 11 is 0. The van der Waals surface area contributed by atoms with Crippen molar-refractivity contribution >= 4 is 9.84 Å². The molecule has 0 radical (unpaired) electrons. The summed E-state index contributed by atoms with van der Waals surface area (Å²) in [5, 5.41) is 0. The minimum Gasteiger partial charge on any atom is -0.377 e. The highest BCUT2D eigenvalue weighted by Crippen LogP contribution is 2.16. The lowest BCUT2D eigenvalue weighted by Crippen LogP contribution is -2.15. The molecule has 1 heterocycles. The molecule has 1 aliphatic heterocycles. The molecular formula is C17H34O3S. The molecule has 1 fully saturated rings. The Labute approximate surface area is 131 Å². The fraction of sp³-hybridized carbons (Fsp3) is 1.00. The Hall–Kier alpha value is -0.0900. The minimum absolute atomic E-state index is 0.0295. The predicted molar refractivity (Wildman–Crippen MR) is 89.5 cm³/mol. The molecule has 1 atom stereocenters. The topological polar surface area (TPSA) is 43.4 Å². The molecule has 0 aromatic rings.